The molecular weight excluding hydrogens is 198 g/mol. The zero-order chi connectivity index (χ0) is 10.0. The normalized spacial score (nSPS) is 13.4. The maximum absolute atomic E-state index is 12.2. The first-order valence-corrected chi connectivity index (χ1v) is 4.06. The number of rotatable bonds is 2. The van der Waals surface area contributed by atoms with Crippen LogP contribution in [0.5, 0.6) is 0 Å². The lowest BCUT2D eigenvalue weighted by Gasteiger charge is -2.10. The minimum atomic E-state index is -2.58. The monoisotopic (exact) mass is 206 g/mol. The molecule has 1 unspecified atom stereocenters. The molecule has 0 radical (unpaired) electrons. The van der Waals surface area contributed by atoms with E-state index in [0.717, 1.165) is 0 Å². The predicted octanol–water partition coefficient (Wildman–Crippen LogP) is 2.31. The summed E-state index contributed by atoms with van der Waals surface area (Å²) in [4.78, 5) is 3.73. The van der Waals surface area contributed by atoms with Gasteiger partial charge in [-0.15, -0.1) is 0 Å². The zero-order valence-corrected chi connectivity index (χ0v) is 7.72. The van der Waals surface area contributed by atoms with Gasteiger partial charge in [0.2, 0.25) is 0 Å². The summed E-state index contributed by atoms with van der Waals surface area (Å²) in [6, 6.07) is 0.232. The molecule has 2 nitrogen and oxygen atoms in total. The first-order chi connectivity index (χ1) is 6.02. The van der Waals surface area contributed by atoms with E-state index in [1.165, 1.54) is 12.3 Å². The van der Waals surface area contributed by atoms with Gasteiger partial charge in [-0.3, -0.25) is 0 Å². The summed E-state index contributed by atoms with van der Waals surface area (Å²) < 4.78 is 24.3. The lowest BCUT2D eigenvalue weighted by Crippen LogP contribution is -2.19. The van der Waals surface area contributed by atoms with Crippen LogP contribution in [0.25, 0.3) is 0 Å². The Balaban J connectivity index is 2.97. The van der Waals surface area contributed by atoms with Gasteiger partial charge >= 0.3 is 0 Å². The number of hydrogen-bond donors (Lipinski definition) is 1. The van der Waals surface area contributed by atoms with E-state index in [0.29, 0.717) is 16.3 Å². The van der Waals surface area contributed by atoms with Crippen molar-refractivity contribution in [1.29, 1.82) is 0 Å². The number of nitrogens with two attached hydrogens (primary N) is 1. The SMILES string of the molecule is Cc1cc(C(N)C(F)F)cnc1Cl. The Morgan fingerprint density at radius 1 is 1.54 bits per heavy atom. The molecule has 0 spiro atoms. The second kappa shape index (κ2) is 3.98. The third-order valence-electron chi connectivity index (χ3n) is 1.69. The predicted molar refractivity (Wildman–Crippen MR) is 46.9 cm³/mol. The third-order valence-corrected chi connectivity index (χ3v) is 2.09. The molecule has 0 aliphatic rings. The van der Waals surface area contributed by atoms with Crippen molar-refractivity contribution in [3.05, 3.63) is 28.5 Å². The summed E-state index contributed by atoms with van der Waals surface area (Å²) in [7, 11) is 0. The van der Waals surface area contributed by atoms with Gasteiger partial charge in [-0.2, -0.15) is 0 Å². The van der Waals surface area contributed by atoms with E-state index in [-0.39, 0.29) is 0 Å². The summed E-state index contributed by atoms with van der Waals surface area (Å²) in [5.41, 5.74) is 6.17. The molecule has 0 aromatic carbocycles. The van der Waals surface area contributed by atoms with Gasteiger partial charge < -0.3 is 5.73 Å². The Kier molecular flexibility index (Phi) is 3.17. The standard InChI is InChI=1S/C8H9ClF2N2/c1-4-2-5(3-13-7(4)9)6(12)8(10)11/h2-3,6,8H,12H2,1H3. The van der Waals surface area contributed by atoms with Gasteiger partial charge in [0.05, 0.1) is 6.04 Å². The van der Waals surface area contributed by atoms with Crippen molar-refractivity contribution in [1.82, 2.24) is 4.98 Å². The minimum Gasteiger partial charge on any atom is -0.319 e. The van der Waals surface area contributed by atoms with Crippen molar-refractivity contribution < 1.29 is 8.78 Å². The molecule has 0 fully saturated rings. The van der Waals surface area contributed by atoms with Crippen LogP contribution in [0.4, 0.5) is 8.78 Å². The fourth-order valence-corrected chi connectivity index (χ4v) is 1.01. The van der Waals surface area contributed by atoms with Gasteiger partial charge in [-0.05, 0) is 24.1 Å². The van der Waals surface area contributed by atoms with Crippen LogP contribution in [0, 0.1) is 6.92 Å². The molecule has 0 bridgehead atoms. The van der Waals surface area contributed by atoms with E-state index in [9.17, 15) is 8.78 Å². The van der Waals surface area contributed by atoms with Crippen LogP contribution >= 0.6 is 11.6 Å². The summed E-state index contributed by atoms with van der Waals surface area (Å²) in [5, 5.41) is 0.310. The molecule has 0 aliphatic carbocycles. The fraction of sp³-hybridized carbons (Fsp3) is 0.375. The molecule has 1 rings (SSSR count). The maximum Gasteiger partial charge on any atom is 0.257 e. The van der Waals surface area contributed by atoms with Crippen molar-refractivity contribution in [2.45, 2.75) is 19.4 Å². The van der Waals surface area contributed by atoms with E-state index >= 15 is 0 Å². The smallest absolute Gasteiger partial charge is 0.257 e. The molecule has 5 heteroatoms. The molecule has 1 aromatic rings. The summed E-state index contributed by atoms with van der Waals surface area (Å²) in [5.74, 6) is 0. The summed E-state index contributed by atoms with van der Waals surface area (Å²) >= 11 is 5.63. The van der Waals surface area contributed by atoms with Crippen LogP contribution in [-0.4, -0.2) is 11.4 Å². The van der Waals surface area contributed by atoms with E-state index in [1.54, 1.807) is 6.92 Å². The van der Waals surface area contributed by atoms with Crippen LogP contribution in [-0.2, 0) is 0 Å². The van der Waals surface area contributed by atoms with Crippen LogP contribution in [0.1, 0.15) is 17.2 Å². The number of halogens is 3. The third kappa shape index (κ3) is 2.35. The zero-order valence-electron chi connectivity index (χ0n) is 6.97. The van der Waals surface area contributed by atoms with E-state index in [4.69, 9.17) is 17.3 Å². The lowest BCUT2D eigenvalue weighted by atomic mass is 10.1. The maximum atomic E-state index is 12.2. The molecule has 0 saturated carbocycles. The highest BCUT2D eigenvalue weighted by Crippen LogP contribution is 2.20. The van der Waals surface area contributed by atoms with Gasteiger partial charge in [0, 0.05) is 6.20 Å². The van der Waals surface area contributed by atoms with Gasteiger partial charge in [-0.25, -0.2) is 13.8 Å². The molecule has 13 heavy (non-hydrogen) atoms. The Morgan fingerprint density at radius 2 is 2.15 bits per heavy atom. The van der Waals surface area contributed by atoms with Crippen LogP contribution in [0.3, 0.4) is 0 Å². The molecule has 2 N–H and O–H groups in total. The second-order valence-electron chi connectivity index (χ2n) is 2.74. The molecule has 0 amide bonds. The van der Waals surface area contributed by atoms with Crippen molar-refractivity contribution in [3.63, 3.8) is 0 Å². The molecule has 1 aromatic heterocycles. The Hall–Kier alpha value is -0.740. The summed E-state index contributed by atoms with van der Waals surface area (Å²) in [6.45, 7) is 1.69. The van der Waals surface area contributed by atoms with E-state index in [1.807, 2.05) is 0 Å². The molecule has 1 atom stereocenters. The van der Waals surface area contributed by atoms with Crippen molar-refractivity contribution in [2.24, 2.45) is 5.73 Å². The quantitative estimate of drug-likeness (QED) is 0.755. The molecule has 0 aliphatic heterocycles. The van der Waals surface area contributed by atoms with Gasteiger partial charge in [0.1, 0.15) is 5.15 Å². The Bertz CT molecular complexity index is 304. The van der Waals surface area contributed by atoms with Gasteiger partial charge in [-0.1, -0.05) is 11.6 Å². The Labute approximate surface area is 79.7 Å². The van der Waals surface area contributed by atoms with Crippen molar-refractivity contribution >= 4 is 11.6 Å². The van der Waals surface area contributed by atoms with Crippen molar-refractivity contribution in [2.75, 3.05) is 0 Å². The first kappa shape index (κ1) is 10.3. The Morgan fingerprint density at radius 3 is 2.62 bits per heavy atom. The van der Waals surface area contributed by atoms with Gasteiger partial charge in [0.25, 0.3) is 6.43 Å². The average Bonchev–Trinajstić information content (AvgIpc) is 2.08. The number of aromatic nitrogens is 1. The van der Waals surface area contributed by atoms with Crippen molar-refractivity contribution in [3.8, 4) is 0 Å². The fourth-order valence-electron chi connectivity index (χ4n) is 0.908. The molecule has 72 valence electrons. The van der Waals surface area contributed by atoms with Gasteiger partial charge in [0.15, 0.2) is 0 Å². The highest BCUT2D eigenvalue weighted by Gasteiger charge is 2.18. The van der Waals surface area contributed by atoms with Crippen LogP contribution in [0.2, 0.25) is 5.15 Å². The average molecular weight is 207 g/mol. The van der Waals surface area contributed by atoms with Crippen LogP contribution < -0.4 is 5.73 Å². The molecule has 0 saturated heterocycles. The topological polar surface area (TPSA) is 38.9 Å². The number of pyridine rings is 1. The number of hydrogen-bond acceptors (Lipinski definition) is 2. The number of alkyl halides is 2. The largest absolute Gasteiger partial charge is 0.319 e. The minimum absolute atomic E-state index is 0.303. The second-order valence-corrected chi connectivity index (χ2v) is 3.09. The highest BCUT2D eigenvalue weighted by atomic mass is 35.5. The molecular formula is C8H9ClF2N2. The van der Waals surface area contributed by atoms with E-state index < -0.39 is 12.5 Å². The van der Waals surface area contributed by atoms with E-state index in [2.05, 4.69) is 4.98 Å². The highest BCUT2D eigenvalue weighted by molar-refractivity contribution is 6.30. The lowest BCUT2D eigenvalue weighted by molar-refractivity contribution is 0.116. The van der Waals surface area contributed by atoms with Crippen LogP contribution in [0.15, 0.2) is 12.3 Å². The number of aryl methyl sites for hydroxylation is 1. The summed E-state index contributed by atoms with van der Waals surface area (Å²) in [6.07, 6.45) is -1.31. The first-order valence-electron chi connectivity index (χ1n) is 3.68. The molecule has 1 heterocycles. The number of nitrogens with zero attached hydrogens (tertiary/aromatic N) is 1.